The molecule has 0 N–H and O–H groups in total. The van der Waals surface area contributed by atoms with Crippen LogP contribution >= 0.6 is 0 Å². The van der Waals surface area contributed by atoms with E-state index in [0.29, 0.717) is 0 Å². The lowest BCUT2D eigenvalue weighted by atomic mass is 9.70. The molecule has 0 radical (unpaired) electrons. The lowest BCUT2D eigenvalue weighted by Crippen LogP contribution is -2.25. The molecule has 0 bridgehead atoms. The van der Waals surface area contributed by atoms with Crippen molar-refractivity contribution >= 4 is 38.9 Å². The van der Waals surface area contributed by atoms with Gasteiger partial charge in [-0.15, -0.1) is 0 Å². The minimum Gasteiger partial charge on any atom is -0.310 e. The van der Waals surface area contributed by atoms with Crippen LogP contribution in [0.2, 0.25) is 0 Å². The monoisotopic (exact) mass is 916 g/mol. The predicted molar refractivity (Wildman–Crippen MR) is 300 cm³/mol. The molecule has 11 aromatic carbocycles. The van der Waals surface area contributed by atoms with Gasteiger partial charge in [-0.2, -0.15) is 0 Å². The first-order valence-electron chi connectivity index (χ1n) is 25.3. The highest BCUT2D eigenvalue weighted by molar-refractivity contribution is 6.19. The van der Waals surface area contributed by atoms with Crippen LogP contribution < -0.4 is 4.90 Å². The molecule has 338 valence electrons. The molecule has 72 heavy (non-hydrogen) atoms. The van der Waals surface area contributed by atoms with Gasteiger partial charge in [0.2, 0.25) is 0 Å². The molecule has 0 fully saturated rings. The third kappa shape index (κ3) is 5.61. The number of para-hydroxylation sites is 1. The Morgan fingerprint density at radius 1 is 0.319 bits per heavy atom. The molecular formula is C70H48N2. The highest BCUT2D eigenvalue weighted by Gasteiger charge is 2.52. The van der Waals surface area contributed by atoms with Crippen LogP contribution in [0.5, 0.6) is 0 Å². The van der Waals surface area contributed by atoms with Gasteiger partial charge >= 0.3 is 0 Å². The van der Waals surface area contributed by atoms with Crippen molar-refractivity contribution < 1.29 is 0 Å². The second-order valence-electron chi connectivity index (χ2n) is 20.4. The average Bonchev–Trinajstić information content (AvgIpc) is 4.11. The average molecular weight is 917 g/mol. The fraction of sp³-hybridized carbons (Fsp3) is 0.0571. The lowest BCUT2D eigenvalue weighted by Gasteiger charge is -2.30. The molecule has 15 rings (SSSR count). The molecule has 0 aliphatic heterocycles. The number of hydrogen-bond donors (Lipinski definition) is 0. The fourth-order valence-corrected chi connectivity index (χ4v) is 13.3. The van der Waals surface area contributed by atoms with E-state index in [2.05, 4.69) is 278 Å². The highest BCUT2D eigenvalue weighted by Crippen LogP contribution is 2.64. The molecule has 2 heteroatoms. The first-order chi connectivity index (χ1) is 35.5. The summed E-state index contributed by atoms with van der Waals surface area (Å²) in [5, 5.41) is 2.49. The lowest BCUT2D eigenvalue weighted by molar-refractivity contribution is 0.660. The van der Waals surface area contributed by atoms with Crippen molar-refractivity contribution in [1.29, 1.82) is 0 Å². The maximum atomic E-state index is 2.52. The van der Waals surface area contributed by atoms with E-state index in [0.717, 1.165) is 22.7 Å². The van der Waals surface area contributed by atoms with Crippen LogP contribution in [0.15, 0.2) is 255 Å². The minimum absolute atomic E-state index is 0.177. The van der Waals surface area contributed by atoms with Crippen LogP contribution in [0.1, 0.15) is 47.2 Å². The van der Waals surface area contributed by atoms with Crippen molar-refractivity contribution in [3.63, 3.8) is 0 Å². The summed E-state index contributed by atoms with van der Waals surface area (Å²) >= 11 is 0. The van der Waals surface area contributed by atoms with Crippen LogP contribution in [0.4, 0.5) is 17.1 Å². The van der Waals surface area contributed by atoms with Crippen LogP contribution in [-0.4, -0.2) is 4.57 Å². The molecule has 1 heterocycles. The smallest absolute Gasteiger partial charge is 0.0725 e. The maximum absolute atomic E-state index is 2.52. The number of rotatable bonds is 6. The van der Waals surface area contributed by atoms with Crippen molar-refractivity contribution in [1.82, 2.24) is 4.57 Å². The van der Waals surface area contributed by atoms with Gasteiger partial charge in [-0.25, -0.2) is 0 Å². The molecule has 3 aliphatic carbocycles. The van der Waals surface area contributed by atoms with Gasteiger partial charge < -0.3 is 9.47 Å². The van der Waals surface area contributed by atoms with Crippen molar-refractivity contribution in [3.05, 3.63) is 288 Å². The normalized spacial score (nSPS) is 13.9. The third-order valence-corrected chi connectivity index (χ3v) is 16.4. The molecule has 0 saturated carbocycles. The molecule has 0 saturated heterocycles. The number of fused-ring (bicyclic) bond motifs is 17. The molecule has 12 aromatic rings. The summed E-state index contributed by atoms with van der Waals surface area (Å²) in [6, 6.07) is 95.4. The molecule has 1 aromatic heterocycles. The molecule has 1 spiro atoms. The predicted octanol–water partition coefficient (Wildman–Crippen LogP) is 18.2. The van der Waals surface area contributed by atoms with Crippen LogP contribution in [0.25, 0.3) is 83.1 Å². The summed E-state index contributed by atoms with van der Waals surface area (Å²) < 4.78 is 2.49. The quantitative estimate of drug-likeness (QED) is 0.161. The molecule has 0 amide bonds. The molecule has 2 nitrogen and oxygen atoms in total. The van der Waals surface area contributed by atoms with E-state index in [9.17, 15) is 0 Å². The molecular weight excluding hydrogens is 869 g/mol. The standard InChI is InChI=1S/C70H48N2/c1-69(2)59-30-16-12-26-53(59)56-36-34-51(44-64(56)69)71(52-41-47(45-20-6-3-7-21-45)40-48(42-52)46-22-8-4-9-23-46)50-35-38-65-58(43-50)68-66(72(65)49-24-10-5-11-25-49)39-37-63-67(68)57-29-15-19-33-62(57)70(63)60-31-17-13-27-54(60)55-28-14-18-32-61(55)70/h3-44H,1-2H3. The molecule has 0 atom stereocenters. The Kier molecular flexibility index (Phi) is 8.66. The first-order valence-corrected chi connectivity index (χ1v) is 25.3. The summed E-state index contributed by atoms with van der Waals surface area (Å²) in [4.78, 5) is 2.52. The second kappa shape index (κ2) is 15.3. The van der Waals surface area contributed by atoms with Crippen molar-refractivity contribution in [2.75, 3.05) is 4.90 Å². The number of benzene rings is 11. The van der Waals surface area contributed by atoms with E-state index in [4.69, 9.17) is 0 Å². The maximum Gasteiger partial charge on any atom is 0.0725 e. The van der Waals surface area contributed by atoms with Gasteiger partial charge in [-0.3, -0.25) is 0 Å². The summed E-state index contributed by atoms with van der Waals surface area (Å²) in [7, 11) is 0. The van der Waals surface area contributed by atoms with Gasteiger partial charge in [-0.05, 0) is 156 Å². The fourth-order valence-electron chi connectivity index (χ4n) is 13.3. The highest BCUT2D eigenvalue weighted by atomic mass is 15.1. The summed E-state index contributed by atoms with van der Waals surface area (Å²) in [6.07, 6.45) is 0. The number of aromatic nitrogens is 1. The molecule has 0 unspecified atom stereocenters. The summed E-state index contributed by atoms with van der Waals surface area (Å²) in [6.45, 7) is 4.76. The summed E-state index contributed by atoms with van der Waals surface area (Å²) in [5.41, 5.74) is 26.9. The Morgan fingerprint density at radius 2 is 0.792 bits per heavy atom. The zero-order chi connectivity index (χ0) is 47.7. The van der Waals surface area contributed by atoms with Gasteiger partial charge in [0.25, 0.3) is 0 Å². The number of nitrogens with zero attached hydrogens (tertiary/aromatic N) is 2. The van der Waals surface area contributed by atoms with Crippen molar-refractivity contribution in [3.8, 4) is 61.3 Å². The Balaban J connectivity index is 1.05. The van der Waals surface area contributed by atoms with E-state index in [1.807, 2.05) is 0 Å². The minimum atomic E-state index is -0.460. The SMILES string of the molecule is CC1(C)c2ccccc2-c2ccc(N(c3cc(-c4ccccc4)cc(-c4ccccc4)c3)c3ccc4c(c3)c3c5c(ccc3n4-c3ccccc3)C3(c4ccccc4-c4ccccc43)c3ccccc3-5)cc21. The zero-order valence-electron chi connectivity index (χ0n) is 40.1. The topological polar surface area (TPSA) is 8.17 Å². The van der Waals surface area contributed by atoms with E-state index < -0.39 is 5.41 Å². The Labute approximate surface area is 420 Å². The summed E-state index contributed by atoms with van der Waals surface area (Å²) in [5.74, 6) is 0. The Morgan fingerprint density at radius 3 is 1.42 bits per heavy atom. The van der Waals surface area contributed by atoms with E-state index in [1.54, 1.807) is 0 Å². The van der Waals surface area contributed by atoms with Crippen LogP contribution in [0.3, 0.4) is 0 Å². The first kappa shape index (κ1) is 40.9. The van der Waals surface area contributed by atoms with Gasteiger partial charge in [0.1, 0.15) is 0 Å². The third-order valence-electron chi connectivity index (χ3n) is 16.4. The number of hydrogen-bond acceptors (Lipinski definition) is 1. The number of anilines is 3. The Bertz CT molecular complexity index is 4080. The van der Waals surface area contributed by atoms with Gasteiger partial charge in [0, 0.05) is 38.9 Å². The van der Waals surface area contributed by atoms with Gasteiger partial charge in [0.15, 0.2) is 0 Å². The Hall–Kier alpha value is -8.98. The van der Waals surface area contributed by atoms with Crippen LogP contribution in [-0.2, 0) is 10.8 Å². The van der Waals surface area contributed by atoms with Crippen molar-refractivity contribution in [2.24, 2.45) is 0 Å². The zero-order valence-corrected chi connectivity index (χ0v) is 40.1. The van der Waals surface area contributed by atoms with E-state index >= 15 is 0 Å². The van der Waals surface area contributed by atoms with Crippen molar-refractivity contribution in [2.45, 2.75) is 24.7 Å². The van der Waals surface area contributed by atoms with E-state index in [-0.39, 0.29) is 5.41 Å². The van der Waals surface area contributed by atoms with Gasteiger partial charge in [-0.1, -0.05) is 202 Å². The largest absolute Gasteiger partial charge is 0.310 e. The second-order valence-corrected chi connectivity index (χ2v) is 20.4. The van der Waals surface area contributed by atoms with Gasteiger partial charge in [0.05, 0.1) is 16.4 Å². The van der Waals surface area contributed by atoms with E-state index in [1.165, 1.54) is 111 Å². The van der Waals surface area contributed by atoms with Crippen LogP contribution in [0, 0.1) is 0 Å². The molecule has 3 aliphatic rings.